The Kier molecular flexibility index (Phi) is 7.30. The molecule has 0 aromatic carbocycles. The van der Waals surface area contributed by atoms with Gasteiger partial charge < -0.3 is 15.4 Å². The second-order valence-electron chi connectivity index (χ2n) is 9.69. The van der Waals surface area contributed by atoms with E-state index in [2.05, 4.69) is 30.7 Å². The zero-order valence-electron chi connectivity index (χ0n) is 21.8. The van der Waals surface area contributed by atoms with E-state index in [0.29, 0.717) is 53.4 Å². The molecule has 0 bridgehead atoms. The summed E-state index contributed by atoms with van der Waals surface area (Å²) in [6.07, 6.45) is 8.26. The lowest BCUT2D eigenvalue weighted by molar-refractivity contribution is -0.114. The lowest BCUT2D eigenvalue weighted by Gasteiger charge is -2.15. The predicted molar refractivity (Wildman–Crippen MR) is 143 cm³/mol. The first-order valence-corrected chi connectivity index (χ1v) is 12.8. The minimum atomic E-state index is -0.238. The van der Waals surface area contributed by atoms with Crippen molar-refractivity contribution in [3.63, 3.8) is 0 Å². The molecule has 5 rings (SSSR count). The van der Waals surface area contributed by atoms with Gasteiger partial charge in [-0.05, 0) is 56.9 Å². The predicted octanol–water partition coefficient (Wildman–Crippen LogP) is 4.26. The standard InChI is InChI=1S/C28H31N7O3/c1-17-22(24-10-11-26-33-25(32-19(3)36)15-35(26)34-24)13-23(18(2)31-17)27(37)30-14-21-9-6-12-29-28(21)38-16-20-7-4-5-8-20/h6,9-13,15,20H,4-5,7-8,14,16H2,1-3H3,(H,30,37)(H,32,36). The maximum Gasteiger partial charge on any atom is 0.253 e. The van der Waals surface area contributed by atoms with Gasteiger partial charge >= 0.3 is 0 Å². The molecule has 1 fully saturated rings. The van der Waals surface area contributed by atoms with Gasteiger partial charge in [0, 0.05) is 36.5 Å². The fourth-order valence-electron chi connectivity index (χ4n) is 4.81. The zero-order chi connectivity index (χ0) is 26.6. The summed E-state index contributed by atoms with van der Waals surface area (Å²) in [5, 5.41) is 10.3. The zero-order valence-corrected chi connectivity index (χ0v) is 21.8. The summed E-state index contributed by atoms with van der Waals surface area (Å²) in [6, 6.07) is 9.21. The van der Waals surface area contributed by atoms with E-state index >= 15 is 0 Å². The minimum absolute atomic E-state index is 0.207. The lowest BCUT2D eigenvalue weighted by atomic mass is 10.0. The highest BCUT2D eigenvalue weighted by molar-refractivity contribution is 5.96. The summed E-state index contributed by atoms with van der Waals surface area (Å²) in [5.41, 5.74) is 4.65. The van der Waals surface area contributed by atoms with Gasteiger partial charge in [-0.2, -0.15) is 5.10 Å². The van der Waals surface area contributed by atoms with Gasteiger partial charge in [0.25, 0.3) is 5.91 Å². The fourth-order valence-corrected chi connectivity index (χ4v) is 4.81. The Morgan fingerprint density at radius 3 is 2.71 bits per heavy atom. The topological polar surface area (TPSA) is 123 Å². The number of rotatable bonds is 8. The average Bonchev–Trinajstić information content (AvgIpc) is 3.55. The third kappa shape index (κ3) is 5.64. The van der Waals surface area contributed by atoms with Gasteiger partial charge in [0.1, 0.15) is 0 Å². The lowest BCUT2D eigenvalue weighted by Crippen LogP contribution is -2.25. The molecule has 10 nitrogen and oxygen atoms in total. The number of nitrogens with one attached hydrogen (secondary N) is 2. The Morgan fingerprint density at radius 1 is 1.11 bits per heavy atom. The van der Waals surface area contributed by atoms with E-state index in [9.17, 15) is 9.59 Å². The highest BCUT2D eigenvalue weighted by Gasteiger charge is 2.19. The Morgan fingerprint density at radius 2 is 1.92 bits per heavy atom. The van der Waals surface area contributed by atoms with E-state index in [4.69, 9.17) is 4.74 Å². The van der Waals surface area contributed by atoms with Gasteiger partial charge in [0.15, 0.2) is 11.5 Å². The molecule has 10 heteroatoms. The van der Waals surface area contributed by atoms with E-state index < -0.39 is 0 Å². The Labute approximate surface area is 220 Å². The van der Waals surface area contributed by atoms with Crippen LogP contribution in [0.25, 0.3) is 16.9 Å². The molecule has 2 amide bonds. The van der Waals surface area contributed by atoms with Crippen LogP contribution in [0.15, 0.2) is 42.7 Å². The fraction of sp³-hybridized carbons (Fsp3) is 0.357. The van der Waals surface area contributed by atoms with E-state index in [1.165, 1.54) is 32.6 Å². The van der Waals surface area contributed by atoms with Gasteiger partial charge in [-0.15, -0.1) is 0 Å². The quantitative estimate of drug-likeness (QED) is 0.361. The first kappa shape index (κ1) is 25.3. The van der Waals surface area contributed by atoms with Crippen LogP contribution in [0.2, 0.25) is 0 Å². The minimum Gasteiger partial charge on any atom is -0.477 e. The molecular formula is C28H31N7O3. The van der Waals surface area contributed by atoms with Crippen LogP contribution in [0.5, 0.6) is 5.88 Å². The summed E-state index contributed by atoms with van der Waals surface area (Å²) in [6.45, 7) is 6.08. The molecular weight excluding hydrogens is 482 g/mol. The first-order chi connectivity index (χ1) is 18.4. The van der Waals surface area contributed by atoms with Crippen LogP contribution in [-0.4, -0.2) is 43.0 Å². The molecule has 4 heterocycles. The molecule has 0 unspecified atom stereocenters. The summed E-state index contributed by atoms with van der Waals surface area (Å²) in [5.74, 6) is 1.12. The number of pyridine rings is 2. The third-order valence-corrected chi connectivity index (χ3v) is 6.77. The number of nitrogens with zero attached hydrogens (tertiary/aromatic N) is 5. The van der Waals surface area contributed by atoms with Crippen molar-refractivity contribution in [1.82, 2.24) is 29.9 Å². The average molecular weight is 514 g/mol. The second kappa shape index (κ2) is 11.0. The SMILES string of the molecule is CC(=O)Nc1cn2nc(-c3cc(C(=O)NCc4cccnc4OCC4CCCC4)c(C)nc3C)ccc2n1. The number of imidazole rings is 1. The number of amides is 2. The number of ether oxygens (including phenoxy) is 1. The van der Waals surface area contributed by atoms with Crippen LogP contribution < -0.4 is 15.4 Å². The number of hydrogen-bond acceptors (Lipinski definition) is 7. The Balaban J connectivity index is 1.33. The van der Waals surface area contributed by atoms with Crippen molar-refractivity contribution in [1.29, 1.82) is 0 Å². The summed E-state index contributed by atoms with van der Waals surface area (Å²) in [7, 11) is 0. The Hall–Kier alpha value is -4.34. The van der Waals surface area contributed by atoms with Crippen molar-refractivity contribution in [3.05, 3.63) is 65.2 Å². The number of carbonyl (C=O) groups excluding carboxylic acids is 2. The van der Waals surface area contributed by atoms with Crippen LogP contribution in [0.4, 0.5) is 5.82 Å². The molecule has 4 aromatic rings. The molecule has 1 aliphatic carbocycles. The molecule has 0 radical (unpaired) electrons. The number of anilines is 1. The molecule has 1 saturated carbocycles. The number of hydrogen-bond donors (Lipinski definition) is 2. The largest absolute Gasteiger partial charge is 0.477 e. The molecule has 0 saturated heterocycles. The van der Waals surface area contributed by atoms with Crippen molar-refractivity contribution >= 4 is 23.3 Å². The number of aryl methyl sites for hydroxylation is 2. The summed E-state index contributed by atoms with van der Waals surface area (Å²) >= 11 is 0. The van der Waals surface area contributed by atoms with Crippen LogP contribution in [0.3, 0.4) is 0 Å². The van der Waals surface area contributed by atoms with Gasteiger partial charge in [-0.3, -0.25) is 14.6 Å². The van der Waals surface area contributed by atoms with Crippen molar-refractivity contribution in [2.45, 2.75) is 53.0 Å². The van der Waals surface area contributed by atoms with Crippen molar-refractivity contribution in [3.8, 4) is 17.1 Å². The third-order valence-electron chi connectivity index (χ3n) is 6.77. The second-order valence-corrected chi connectivity index (χ2v) is 9.69. The molecule has 4 aromatic heterocycles. The first-order valence-electron chi connectivity index (χ1n) is 12.8. The molecule has 1 aliphatic rings. The molecule has 0 atom stereocenters. The molecule has 0 aliphatic heterocycles. The monoisotopic (exact) mass is 513 g/mol. The molecule has 2 N–H and O–H groups in total. The van der Waals surface area contributed by atoms with Crippen LogP contribution in [0.1, 0.15) is 59.9 Å². The van der Waals surface area contributed by atoms with Crippen LogP contribution in [0, 0.1) is 19.8 Å². The molecule has 0 spiro atoms. The van der Waals surface area contributed by atoms with Crippen molar-refractivity contribution < 1.29 is 14.3 Å². The summed E-state index contributed by atoms with van der Waals surface area (Å²) < 4.78 is 7.61. The van der Waals surface area contributed by atoms with E-state index in [1.807, 2.05) is 44.2 Å². The van der Waals surface area contributed by atoms with Gasteiger partial charge in [-0.25, -0.2) is 14.5 Å². The van der Waals surface area contributed by atoms with E-state index in [1.54, 1.807) is 16.9 Å². The summed E-state index contributed by atoms with van der Waals surface area (Å²) in [4.78, 5) is 38.0. The van der Waals surface area contributed by atoms with E-state index in [0.717, 1.165) is 16.8 Å². The van der Waals surface area contributed by atoms with Crippen molar-refractivity contribution in [2.75, 3.05) is 11.9 Å². The van der Waals surface area contributed by atoms with Crippen molar-refractivity contribution in [2.24, 2.45) is 5.92 Å². The highest BCUT2D eigenvalue weighted by atomic mass is 16.5. The number of fused-ring (bicyclic) bond motifs is 1. The number of carbonyl (C=O) groups is 2. The van der Waals surface area contributed by atoms with Gasteiger partial charge in [-0.1, -0.05) is 18.9 Å². The maximum atomic E-state index is 13.2. The maximum absolute atomic E-state index is 13.2. The molecule has 196 valence electrons. The normalized spacial score (nSPS) is 13.6. The highest BCUT2D eigenvalue weighted by Crippen LogP contribution is 2.27. The van der Waals surface area contributed by atoms with Crippen LogP contribution in [-0.2, 0) is 11.3 Å². The van der Waals surface area contributed by atoms with E-state index in [-0.39, 0.29) is 11.8 Å². The number of aromatic nitrogens is 5. The Bertz CT molecular complexity index is 1490. The van der Waals surface area contributed by atoms with Gasteiger partial charge in [0.2, 0.25) is 11.8 Å². The smallest absolute Gasteiger partial charge is 0.253 e. The van der Waals surface area contributed by atoms with Crippen LogP contribution >= 0.6 is 0 Å². The molecule has 38 heavy (non-hydrogen) atoms. The van der Waals surface area contributed by atoms with Gasteiger partial charge in [0.05, 0.1) is 29.8 Å².